The van der Waals surface area contributed by atoms with E-state index < -0.39 is 24.0 Å². The summed E-state index contributed by atoms with van der Waals surface area (Å²) in [6, 6.07) is 26.0. The average molecular weight is 543 g/mol. The summed E-state index contributed by atoms with van der Waals surface area (Å²) >= 11 is 3.39. The Bertz CT molecular complexity index is 1020. The van der Waals surface area contributed by atoms with E-state index in [2.05, 4.69) is 11.9 Å². The van der Waals surface area contributed by atoms with Gasteiger partial charge in [0.2, 0.25) is 0 Å². The molecule has 4 unspecified atom stereocenters. The third-order valence-corrected chi connectivity index (χ3v) is 5.21. The first kappa shape index (κ1) is 33.3. The molecule has 11 heteroatoms. The Balaban J connectivity index is 0.00000223. The summed E-state index contributed by atoms with van der Waals surface area (Å²) in [4.78, 5) is 12.0. The Labute approximate surface area is 242 Å². The van der Waals surface area contributed by atoms with E-state index in [0.29, 0.717) is 16.7 Å². The minimum absolute atomic E-state index is 0. The number of rotatable bonds is 13. The first-order valence-electron chi connectivity index (χ1n) is 10.8. The molecule has 0 bridgehead atoms. The van der Waals surface area contributed by atoms with Crippen molar-refractivity contribution < 1.29 is 73.6 Å². The van der Waals surface area contributed by atoms with E-state index in [4.69, 9.17) is 18.9 Å². The van der Waals surface area contributed by atoms with Gasteiger partial charge in [0.15, 0.2) is 18.7 Å². The molecule has 0 radical (unpaired) electrons. The second kappa shape index (κ2) is 17.0. The van der Waals surface area contributed by atoms with Gasteiger partial charge in [0.05, 0.1) is 19.8 Å². The number of carbonyl (C=O) groups excluding carboxylic acids is 1. The quantitative estimate of drug-likeness (QED) is 0.114. The Kier molecular flexibility index (Phi) is 15.3. The number of ether oxygens (including phenoxy) is 3. The van der Waals surface area contributed by atoms with Gasteiger partial charge in [-0.3, -0.25) is 4.79 Å². The van der Waals surface area contributed by atoms with Gasteiger partial charge in [-0.05, 0) is 16.7 Å². The standard InChI is InChI=1S/C26H28O8.ClO.Na/c27-19-25(30,33-17-21-12-6-2-7-13-21)26(31,34-18-22-14-8-3-9-15-22)23(28)24(29)32-16-20-10-4-1-5-11-20;1-2;/h1-15,19,23-24,28-31H,16-18H2;;/q;-1;+1. The molecule has 0 aliphatic heterocycles. The normalized spacial score (nSPS) is 15.5. The first-order chi connectivity index (χ1) is 17.4. The summed E-state index contributed by atoms with van der Waals surface area (Å²) in [6.07, 6.45) is -4.41. The number of aldehydes is 1. The van der Waals surface area contributed by atoms with Gasteiger partial charge in [0.25, 0.3) is 11.6 Å². The maximum Gasteiger partial charge on any atom is 1.00 e. The monoisotopic (exact) mass is 542 g/mol. The van der Waals surface area contributed by atoms with Crippen molar-refractivity contribution in [3.8, 4) is 0 Å². The SMILES string of the molecule is O=CC(O)(OCc1ccccc1)C(O)(OCc1ccccc1)C(O)C(O)OCc1ccccc1.[Na+].[O-]Cl. The number of carbonyl (C=O) groups is 1. The number of hydrogen-bond donors (Lipinski definition) is 4. The van der Waals surface area contributed by atoms with Crippen LogP contribution in [0.3, 0.4) is 0 Å². The summed E-state index contributed by atoms with van der Waals surface area (Å²) in [5, 5.41) is 43.5. The predicted molar refractivity (Wildman–Crippen MR) is 128 cm³/mol. The average Bonchev–Trinajstić information content (AvgIpc) is 2.95. The molecule has 4 N–H and O–H groups in total. The molecular weight excluding hydrogens is 515 g/mol. The summed E-state index contributed by atoms with van der Waals surface area (Å²) in [5.41, 5.74) is 1.85. The van der Waals surface area contributed by atoms with Crippen molar-refractivity contribution in [2.45, 2.75) is 43.8 Å². The third-order valence-electron chi connectivity index (χ3n) is 5.21. The van der Waals surface area contributed by atoms with Crippen LogP contribution in [0.4, 0.5) is 0 Å². The van der Waals surface area contributed by atoms with Crippen molar-refractivity contribution in [2.75, 3.05) is 0 Å². The maximum atomic E-state index is 12.0. The fourth-order valence-electron chi connectivity index (χ4n) is 3.20. The van der Waals surface area contributed by atoms with E-state index in [1.807, 2.05) is 0 Å². The zero-order chi connectivity index (χ0) is 26.4. The van der Waals surface area contributed by atoms with Gasteiger partial charge >= 0.3 is 29.6 Å². The van der Waals surface area contributed by atoms with Gasteiger partial charge in [0.1, 0.15) is 0 Å². The Hall–Kier alpha value is -1.70. The second-order valence-electron chi connectivity index (χ2n) is 7.69. The molecule has 3 rings (SSSR count). The van der Waals surface area contributed by atoms with Crippen LogP contribution in [0.15, 0.2) is 91.0 Å². The molecule has 37 heavy (non-hydrogen) atoms. The number of hydrogen-bond acceptors (Lipinski definition) is 9. The first-order valence-corrected chi connectivity index (χ1v) is 11.1. The van der Waals surface area contributed by atoms with Gasteiger partial charge in [0, 0.05) is 0 Å². The molecule has 3 aromatic carbocycles. The fraction of sp³-hybridized carbons (Fsp3) is 0.269. The molecular formula is C26H28ClNaO9. The summed E-state index contributed by atoms with van der Waals surface area (Å²) in [5.74, 6) is -6.14. The van der Waals surface area contributed by atoms with E-state index >= 15 is 0 Å². The summed E-state index contributed by atoms with van der Waals surface area (Å²) in [7, 11) is 0. The second-order valence-corrected chi connectivity index (χ2v) is 7.69. The van der Waals surface area contributed by atoms with Crippen molar-refractivity contribution >= 4 is 18.2 Å². The van der Waals surface area contributed by atoms with E-state index in [9.17, 15) is 25.2 Å². The van der Waals surface area contributed by atoms with Crippen LogP contribution >= 0.6 is 11.9 Å². The van der Waals surface area contributed by atoms with Gasteiger partial charge in [-0.25, -0.2) is 11.9 Å². The van der Waals surface area contributed by atoms with Gasteiger partial charge in [-0.2, -0.15) is 0 Å². The van der Waals surface area contributed by atoms with Crippen molar-refractivity contribution in [1.29, 1.82) is 0 Å². The summed E-state index contributed by atoms with van der Waals surface area (Å²) in [6.45, 7) is -0.719. The molecule has 0 saturated heterocycles. The van der Waals surface area contributed by atoms with Crippen LogP contribution < -0.4 is 34.2 Å². The number of aliphatic hydroxyl groups is 4. The molecule has 0 aliphatic rings. The molecule has 0 saturated carbocycles. The van der Waals surface area contributed by atoms with Crippen molar-refractivity contribution in [2.24, 2.45) is 0 Å². The van der Waals surface area contributed by atoms with E-state index in [0.717, 1.165) is 0 Å². The van der Waals surface area contributed by atoms with Gasteiger partial charge in [-0.15, -0.1) is 0 Å². The van der Waals surface area contributed by atoms with E-state index in [-0.39, 0.29) is 55.7 Å². The molecule has 0 amide bonds. The van der Waals surface area contributed by atoms with Crippen LogP contribution in [0.25, 0.3) is 0 Å². The Morgan fingerprint density at radius 1 is 0.730 bits per heavy atom. The molecule has 0 fully saturated rings. The van der Waals surface area contributed by atoms with Crippen LogP contribution in [0, 0.1) is 0 Å². The van der Waals surface area contributed by atoms with Crippen molar-refractivity contribution in [1.82, 2.24) is 0 Å². The molecule has 9 nitrogen and oxygen atoms in total. The van der Waals surface area contributed by atoms with Gasteiger partial charge in [-0.1, -0.05) is 91.0 Å². The molecule has 0 spiro atoms. The Morgan fingerprint density at radius 3 is 1.51 bits per heavy atom. The fourth-order valence-corrected chi connectivity index (χ4v) is 3.20. The van der Waals surface area contributed by atoms with Crippen LogP contribution in [-0.4, -0.2) is 50.7 Å². The molecule has 4 atom stereocenters. The van der Waals surface area contributed by atoms with Crippen molar-refractivity contribution in [3.05, 3.63) is 108 Å². The summed E-state index contributed by atoms with van der Waals surface area (Å²) < 4.78 is 23.8. The molecule has 0 heterocycles. The molecule has 0 aliphatic carbocycles. The number of aliphatic hydroxyl groups excluding tert-OH is 2. The van der Waals surface area contributed by atoms with Gasteiger partial charge < -0.3 is 39.3 Å². The van der Waals surface area contributed by atoms with E-state index in [1.165, 1.54) is 0 Å². The van der Waals surface area contributed by atoms with Crippen LogP contribution in [0.2, 0.25) is 0 Å². The molecule has 0 aromatic heterocycles. The van der Waals surface area contributed by atoms with E-state index in [1.54, 1.807) is 91.0 Å². The third kappa shape index (κ3) is 9.52. The van der Waals surface area contributed by atoms with Crippen LogP contribution in [0.1, 0.15) is 16.7 Å². The van der Waals surface area contributed by atoms with Crippen LogP contribution in [-0.2, 0) is 38.8 Å². The van der Waals surface area contributed by atoms with Crippen LogP contribution in [0.5, 0.6) is 0 Å². The molecule has 194 valence electrons. The zero-order valence-electron chi connectivity index (χ0n) is 20.2. The number of benzene rings is 3. The smallest absolute Gasteiger partial charge is 0.769 e. The maximum absolute atomic E-state index is 12.0. The molecule has 3 aromatic rings. The predicted octanol–water partition coefficient (Wildman–Crippen LogP) is -1.60. The largest absolute Gasteiger partial charge is 1.00 e. The topological polar surface area (TPSA) is 149 Å². The Morgan fingerprint density at radius 2 is 1.11 bits per heavy atom. The number of halogens is 1. The minimum atomic E-state index is -3.09. The zero-order valence-corrected chi connectivity index (χ0v) is 23.0. The van der Waals surface area contributed by atoms with Crippen molar-refractivity contribution in [3.63, 3.8) is 0 Å². The minimum Gasteiger partial charge on any atom is -0.769 e.